The molecule has 10 heteroatoms. The molecule has 10 heavy (non-hydrogen) atoms. The maximum Gasteiger partial charge on any atom is 0.231 e. The quantitative estimate of drug-likeness (QED) is 0.382. The first-order valence-electron chi connectivity index (χ1n) is 1.33. The third kappa shape index (κ3) is 11.5. The summed E-state index contributed by atoms with van der Waals surface area (Å²) < 4.78 is 58.2. The van der Waals surface area contributed by atoms with Crippen molar-refractivity contribution in [3.05, 3.63) is 0 Å². The average Bonchev–Trinajstić information content (AvgIpc) is 1.14. The molecule has 0 aliphatic carbocycles. The van der Waals surface area contributed by atoms with Crippen LogP contribution < -0.4 is 0 Å². The first-order valence-corrected chi connectivity index (χ1v) is 4.00. The molecule has 0 heterocycles. The summed E-state index contributed by atoms with van der Waals surface area (Å²) in [6, 6.07) is 0. The Hall–Kier alpha value is 0.676. The fourth-order valence-corrected chi connectivity index (χ4v) is 0.919. The van der Waals surface area contributed by atoms with Crippen LogP contribution in [-0.2, 0) is 24.4 Å². The van der Waals surface area contributed by atoms with E-state index in [0.29, 0.717) is 0 Å². The van der Waals surface area contributed by atoms with Crippen LogP contribution in [0.2, 0.25) is 0 Å². The van der Waals surface area contributed by atoms with Crippen LogP contribution in [0.3, 0.4) is 0 Å². The predicted molar refractivity (Wildman–Crippen MR) is 26.2 cm³/mol. The Morgan fingerprint density at radius 1 is 0.900 bits per heavy atom. The normalized spacial score (nSPS) is 12.2. The molecule has 0 rings (SSSR count). The van der Waals surface area contributed by atoms with Crippen molar-refractivity contribution in [1.82, 2.24) is 0 Å². The van der Waals surface area contributed by atoms with Crippen molar-refractivity contribution in [2.45, 2.75) is 0 Å². The van der Waals surface area contributed by atoms with E-state index in [1.165, 1.54) is 0 Å². The van der Waals surface area contributed by atoms with Crippen molar-refractivity contribution >= 4 is 47.4 Å². The van der Waals surface area contributed by atoms with Crippen LogP contribution in [0.1, 0.15) is 0 Å². The largest absolute Gasteiger partial charge is 0.725 e. The molecule has 0 N–H and O–H groups in total. The second-order valence-corrected chi connectivity index (χ2v) is 3.06. The predicted octanol–water partition coefficient (Wildman–Crippen LogP) is -2.46. The van der Waals surface area contributed by atoms with Gasteiger partial charge in [0.05, 0.1) is 0 Å². The molecule has 7 nitrogen and oxygen atoms in total. The Kier molecular flexibility index (Phi) is 5.17. The molecule has 62 valence electrons. The van der Waals surface area contributed by atoms with Gasteiger partial charge in [-0.3, -0.25) is 0 Å². The molecule has 0 amide bonds. The van der Waals surface area contributed by atoms with Crippen LogP contribution in [0.25, 0.3) is 0 Å². The van der Waals surface area contributed by atoms with Gasteiger partial charge in [0.1, 0.15) is 0 Å². The summed E-state index contributed by atoms with van der Waals surface area (Å²) in [5.41, 5.74) is 0. The van der Waals surface area contributed by atoms with E-state index >= 15 is 0 Å². The van der Waals surface area contributed by atoms with Crippen LogP contribution in [0.15, 0.2) is 0 Å². The van der Waals surface area contributed by atoms with Crippen molar-refractivity contribution in [2.24, 2.45) is 0 Å². The fourth-order valence-electron chi connectivity index (χ4n) is 0.102. The minimum Gasteiger partial charge on any atom is -0.725 e. The van der Waals surface area contributed by atoms with Gasteiger partial charge in [-0.2, -0.15) is 3.63 Å². The number of rotatable bonds is 2. The van der Waals surface area contributed by atoms with E-state index in [1.807, 2.05) is 0 Å². The molecule has 2 radical (unpaired) electrons. The molecule has 0 aliphatic rings. The van der Waals surface area contributed by atoms with E-state index in [2.05, 4.69) is 3.63 Å². The van der Waals surface area contributed by atoms with Crippen LogP contribution in [0, 0.1) is 0 Å². The molecule has 0 spiro atoms. The summed E-state index contributed by atoms with van der Waals surface area (Å²) in [6.07, 6.45) is 0. The van der Waals surface area contributed by atoms with Gasteiger partial charge in [-0.15, -0.1) is 0 Å². The van der Waals surface area contributed by atoms with Crippen molar-refractivity contribution in [3.8, 4) is 0 Å². The van der Waals surface area contributed by atoms with E-state index < -0.39 is 20.8 Å². The van der Waals surface area contributed by atoms with Gasteiger partial charge in [0.25, 0.3) is 0 Å². The molecule has 0 atom stereocenters. The second-order valence-electron chi connectivity index (χ2n) is 0.885. The van der Waals surface area contributed by atoms with Gasteiger partial charge in [-0.1, -0.05) is 0 Å². The number of hydrogen-bond acceptors (Lipinski definition) is 7. The Balaban J connectivity index is 0. The molecular weight excluding hydrogens is 385 g/mol. The van der Waals surface area contributed by atoms with Crippen molar-refractivity contribution in [2.75, 3.05) is 0 Å². The average molecular weight is 385 g/mol. The van der Waals surface area contributed by atoms with Gasteiger partial charge in [0.15, 0.2) is 0 Å². The Morgan fingerprint density at radius 3 is 1.10 bits per heavy atom. The molecule has 0 bridgehead atoms. The van der Waals surface area contributed by atoms with Gasteiger partial charge >= 0.3 is 0 Å². The molecule has 0 aromatic carbocycles. The van der Waals surface area contributed by atoms with Crippen LogP contribution in [0.5, 0.6) is 0 Å². The summed E-state index contributed by atoms with van der Waals surface area (Å²) in [5.74, 6) is 0. The maximum absolute atomic E-state index is 9.29. The Labute approximate surface area is 76.8 Å². The molecule has 0 aromatic rings. The van der Waals surface area contributed by atoms with E-state index in [0.717, 1.165) is 0 Å². The molecule has 0 saturated heterocycles. The zero-order chi connectivity index (χ0) is 7.71. The first kappa shape index (κ1) is 13.3. The van der Waals surface area contributed by atoms with Crippen LogP contribution >= 0.6 is 0 Å². The van der Waals surface area contributed by atoms with Gasteiger partial charge in [0, 0.05) is 26.6 Å². The third-order valence-corrected chi connectivity index (χ3v) is 1.50. The topological polar surface area (TPSA) is 124 Å². The first-order chi connectivity index (χ1) is 3.71. The minimum absolute atomic E-state index is 0. The van der Waals surface area contributed by atoms with Crippen LogP contribution in [0.4, 0.5) is 0 Å². The molecule has 0 saturated carbocycles. The standard InChI is InChI=1S/H2O7S2.Po/c1-8(2,3)7-9(4,5)6;/h(H,1,2,3)(H,4,5,6);/p-2. The summed E-state index contributed by atoms with van der Waals surface area (Å²) in [7, 11) is -10.9. The Morgan fingerprint density at radius 2 is 1.10 bits per heavy atom. The summed E-state index contributed by atoms with van der Waals surface area (Å²) in [4.78, 5) is 0. The maximum atomic E-state index is 9.29. The summed E-state index contributed by atoms with van der Waals surface area (Å²) in [6.45, 7) is 0. The minimum atomic E-state index is -5.43. The zero-order valence-electron chi connectivity index (χ0n) is 4.08. The smallest absolute Gasteiger partial charge is 0.231 e. The fraction of sp³-hybridized carbons (Fsp3) is 0. The van der Waals surface area contributed by atoms with E-state index in [9.17, 15) is 25.9 Å². The van der Waals surface area contributed by atoms with Crippen molar-refractivity contribution in [1.29, 1.82) is 0 Å². The van der Waals surface area contributed by atoms with E-state index in [-0.39, 0.29) is 26.6 Å². The van der Waals surface area contributed by atoms with Gasteiger partial charge in [0.2, 0.25) is 20.8 Å². The second kappa shape index (κ2) is 3.89. The van der Waals surface area contributed by atoms with Crippen molar-refractivity contribution in [3.63, 3.8) is 0 Å². The van der Waals surface area contributed by atoms with Crippen molar-refractivity contribution < 1.29 is 29.6 Å². The molecule has 0 unspecified atom stereocenters. The SMILES string of the molecule is O=S(=O)([O-])OS(=O)(=O)[O-].[Po]. The summed E-state index contributed by atoms with van der Waals surface area (Å²) >= 11 is 0. The third-order valence-electron chi connectivity index (χ3n) is 0.167. The molecule has 0 fully saturated rings. The van der Waals surface area contributed by atoms with E-state index in [1.54, 1.807) is 0 Å². The molecule has 0 aliphatic heterocycles. The zero-order valence-corrected chi connectivity index (χ0v) is 8.89. The van der Waals surface area contributed by atoms with Crippen LogP contribution in [-0.4, -0.2) is 52.5 Å². The Bertz CT molecular complexity index is 237. The monoisotopic (exact) mass is 385 g/mol. The number of hydrogen-bond donors (Lipinski definition) is 0. The van der Waals surface area contributed by atoms with E-state index in [4.69, 9.17) is 0 Å². The summed E-state index contributed by atoms with van der Waals surface area (Å²) in [5, 5.41) is 0. The van der Waals surface area contributed by atoms with Gasteiger partial charge in [-0.05, 0) is 0 Å². The van der Waals surface area contributed by atoms with Gasteiger partial charge < -0.3 is 9.11 Å². The molecule has 0 aromatic heterocycles. The molecular formula is O7PoS2-2. The van der Waals surface area contributed by atoms with Gasteiger partial charge in [-0.25, -0.2) is 16.8 Å².